The summed E-state index contributed by atoms with van der Waals surface area (Å²) in [5.74, 6) is -1.38. The largest absolute Gasteiger partial charge is 0.481 e. The lowest BCUT2D eigenvalue weighted by molar-refractivity contribution is -0.188. The predicted molar refractivity (Wildman–Crippen MR) is 85.0 cm³/mol. The first-order chi connectivity index (χ1) is 11.1. The number of carboxylic acid groups (broad SMARTS) is 1. The van der Waals surface area contributed by atoms with Crippen molar-refractivity contribution in [3.63, 3.8) is 0 Å². The van der Waals surface area contributed by atoms with E-state index in [4.69, 9.17) is 14.9 Å². The number of carbonyl (C=O) groups is 2. The molecule has 0 spiro atoms. The van der Waals surface area contributed by atoms with Gasteiger partial charge in [-0.1, -0.05) is 30.7 Å². The van der Waals surface area contributed by atoms with Gasteiger partial charge in [-0.2, -0.15) is 0 Å². The number of benzene rings is 1. The van der Waals surface area contributed by atoms with Crippen molar-refractivity contribution in [1.82, 2.24) is 0 Å². The number of aliphatic hydroxyl groups is 1. The number of ether oxygens (including phenoxy) is 1. The van der Waals surface area contributed by atoms with Crippen molar-refractivity contribution in [2.75, 3.05) is 6.61 Å². The van der Waals surface area contributed by atoms with E-state index in [0.717, 1.165) is 38.5 Å². The van der Waals surface area contributed by atoms with Crippen LogP contribution in [0.3, 0.4) is 0 Å². The van der Waals surface area contributed by atoms with Crippen LogP contribution in [-0.4, -0.2) is 34.9 Å². The molecule has 0 aliphatic carbocycles. The molecule has 1 heterocycles. The van der Waals surface area contributed by atoms with Crippen molar-refractivity contribution in [2.45, 2.75) is 51.0 Å². The van der Waals surface area contributed by atoms with Gasteiger partial charge in [-0.25, -0.2) is 0 Å². The van der Waals surface area contributed by atoms with E-state index in [-0.39, 0.29) is 31.0 Å². The van der Waals surface area contributed by atoms with E-state index in [1.165, 1.54) is 11.1 Å². The van der Waals surface area contributed by atoms with Gasteiger partial charge in [0.25, 0.3) is 0 Å². The minimum Gasteiger partial charge on any atom is -0.481 e. The van der Waals surface area contributed by atoms with Crippen molar-refractivity contribution in [3.05, 3.63) is 35.4 Å². The zero-order chi connectivity index (χ0) is 16.7. The Morgan fingerprint density at radius 1 is 1.13 bits per heavy atom. The highest BCUT2D eigenvalue weighted by molar-refractivity contribution is 5.78. The van der Waals surface area contributed by atoms with Gasteiger partial charge >= 0.3 is 11.9 Å². The molecule has 5 heteroatoms. The molecule has 0 aromatic heterocycles. The van der Waals surface area contributed by atoms with Crippen LogP contribution < -0.4 is 0 Å². The quantitative estimate of drug-likeness (QED) is 0.511. The van der Waals surface area contributed by atoms with Crippen LogP contribution in [0.2, 0.25) is 0 Å². The number of aliphatic hydroxyl groups excluding tert-OH is 1. The molecule has 1 aliphatic rings. The smallest absolute Gasteiger partial charge is 0.315 e. The first kappa shape index (κ1) is 17.5. The third-order valence-corrected chi connectivity index (χ3v) is 4.28. The van der Waals surface area contributed by atoms with Crippen molar-refractivity contribution in [2.24, 2.45) is 5.92 Å². The molecule has 0 saturated carbocycles. The number of cyclic esters (lactones) is 1. The standard InChI is InChI=1S/C18H24O5/c19-12-15-16(23-18(15)22)10-9-14-7-4-6-13(11-14)5-2-1-3-8-17(20)21/h4,6-7,11,15-16,19H,1-3,5,8-10,12H2,(H,20,21)/t15-,16-/m0/s1. The van der Waals surface area contributed by atoms with Gasteiger partial charge in [0, 0.05) is 6.42 Å². The first-order valence-electron chi connectivity index (χ1n) is 8.21. The second-order valence-electron chi connectivity index (χ2n) is 6.08. The number of hydrogen-bond acceptors (Lipinski definition) is 4. The minimum absolute atomic E-state index is 0.139. The van der Waals surface area contributed by atoms with E-state index in [1.54, 1.807) is 0 Å². The minimum atomic E-state index is -0.732. The van der Waals surface area contributed by atoms with Crippen LogP contribution >= 0.6 is 0 Å². The first-order valence-corrected chi connectivity index (χ1v) is 8.21. The molecule has 1 fully saturated rings. The van der Waals surface area contributed by atoms with Gasteiger partial charge in [-0.05, 0) is 43.2 Å². The van der Waals surface area contributed by atoms with Crippen LogP contribution in [0.1, 0.15) is 43.2 Å². The Morgan fingerprint density at radius 3 is 2.52 bits per heavy atom. The van der Waals surface area contributed by atoms with E-state index < -0.39 is 5.97 Å². The summed E-state index contributed by atoms with van der Waals surface area (Å²) >= 11 is 0. The molecule has 23 heavy (non-hydrogen) atoms. The molecule has 2 rings (SSSR count). The molecule has 1 aliphatic heterocycles. The number of carboxylic acids is 1. The molecular formula is C18H24O5. The molecule has 0 amide bonds. The van der Waals surface area contributed by atoms with Crippen LogP contribution in [0.25, 0.3) is 0 Å². The lowest BCUT2D eigenvalue weighted by Gasteiger charge is -2.33. The van der Waals surface area contributed by atoms with Gasteiger partial charge in [0.1, 0.15) is 12.0 Å². The van der Waals surface area contributed by atoms with Crippen LogP contribution in [0, 0.1) is 5.92 Å². The Labute approximate surface area is 136 Å². The fourth-order valence-corrected chi connectivity index (χ4v) is 2.88. The van der Waals surface area contributed by atoms with E-state index in [2.05, 4.69) is 18.2 Å². The predicted octanol–water partition coefficient (Wildman–Crippen LogP) is 2.34. The van der Waals surface area contributed by atoms with Gasteiger partial charge < -0.3 is 14.9 Å². The molecule has 5 nitrogen and oxygen atoms in total. The summed E-state index contributed by atoms with van der Waals surface area (Å²) < 4.78 is 5.06. The summed E-state index contributed by atoms with van der Waals surface area (Å²) in [6, 6.07) is 8.33. The van der Waals surface area contributed by atoms with Crippen molar-refractivity contribution >= 4 is 11.9 Å². The summed E-state index contributed by atoms with van der Waals surface area (Å²) in [6.07, 6.45) is 5.23. The van der Waals surface area contributed by atoms with Gasteiger partial charge in [0.05, 0.1) is 6.61 Å². The Morgan fingerprint density at radius 2 is 1.87 bits per heavy atom. The number of rotatable bonds is 10. The fraction of sp³-hybridized carbons (Fsp3) is 0.556. The highest BCUT2D eigenvalue weighted by atomic mass is 16.6. The highest BCUT2D eigenvalue weighted by Crippen LogP contribution is 2.26. The molecule has 2 N–H and O–H groups in total. The molecule has 1 aromatic carbocycles. The number of aryl methyl sites for hydroxylation is 2. The van der Waals surface area contributed by atoms with E-state index >= 15 is 0 Å². The third kappa shape index (κ3) is 5.36. The number of carbonyl (C=O) groups excluding carboxylic acids is 1. The second-order valence-corrected chi connectivity index (χ2v) is 6.08. The highest BCUT2D eigenvalue weighted by Gasteiger charge is 2.41. The van der Waals surface area contributed by atoms with E-state index in [9.17, 15) is 9.59 Å². The molecule has 0 radical (unpaired) electrons. The average Bonchev–Trinajstić information content (AvgIpc) is 2.51. The number of unbranched alkanes of at least 4 members (excludes halogenated alkanes) is 2. The summed E-state index contributed by atoms with van der Waals surface area (Å²) in [7, 11) is 0. The maximum absolute atomic E-state index is 11.1. The maximum atomic E-state index is 11.1. The number of esters is 1. The molecule has 1 saturated heterocycles. The van der Waals surface area contributed by atoms with Crippen molar-refractivity contribution in [1.29, 1.82) is 0 Å². The number of aliphatic carboxylic acids is 1. The Kier molecular flexibility index (Phi) is 6.59. The van der Waals surface area contributed by atoms with Crippen LogP contribution in [0.4, 0.5) is 0 Å². The molecular weight excluding hydrogens is 296 g/mol. The van der Waals surface area contributed by atoms with Gasteiger partial charge in [0.15, 0.2) is 0 Å². The summed E-state index contributed by atoms with van der Waals surface area (Å²) in [6.45, 7) is -0.139. The normalized spacial score (nSPS) is 20.0. The zero-order valence-corrected chi connectivity index (χ0v) is 13.2. The number of hydrogen-bond donors (Lipinski definition) is 2. The molecule has 126 valence electrons. The summed E-state index contributed by atoms with van der Waals surface area (Å²) in [5, 5.41) is 17.7. The molecule has 0 unspecified atom stereocenters. The second kappa shape index (κ2) is 8.67. The average molecular weight is 320 g/mol. The van der Waals surface area contributed by atoms with E-state index in [1.807, 2.05) is 6.07 Å². The fourth-order valence-electron chi connectivity index (χ4n) is 2.88. The maximum Gasteiger partial charge on any atom is 0.315 e. The molecule has 0 bridgehead atoms. The van der Waals surface area contributed by atoms with Gasteiger partial charge in [-0.3, -0.25) is 9.59 Å². The molecule has 2 atom stereocenters. The SMILES string of the molecule is O=C(O)CCCCCc1cccc(CC[C@@H]2OC(=O)[C@H]2CO)c1. The van der Waals surface area contributed by atoms with Crippen molar-refractivity contribution < 1.29 is 24.5 Å². The van der Waals surface area contributed by atoms with Crippen LogP contribution in [0.15, 0.2) is 24.3 Å². The molecule has 1 aromatic rings. The van der Waals surface area contributed by atoms with Crippen LogP contribution in [-0.2, 0) is 27.2 Å². The van der Waals surface area contributed by atoms with Gasteiger partial charge in [0.2, 0.25) is 0 Å². The topological polar surface area (TPSA) is 83.8 Å². The Balaban J connectivity index is 1.72. The van der Waals surface area contributed by atoms with Crippen LogP contribution in [0.5, 0.6) is 0 Å². The summed E-state index contributed by atoms with van der Waals surface area (Å²) in [4.78, 5) is 21.6. The Hall–Kier alpha value is -1.88. The lowest BCUT2D eigenvalue weighted by Crippen LogP contribution is -2.47. The lowest BCUT2D eigenvalue weighted by atomic mass is 9.92. The summed E-state index contributed by atoms with van der Waals surface area (Å²) in [5.41, 5.74) is 2.45. The third-order valence-electron chi connectivity index (χ3n) is 4.28. The van der Waals surface area contributed by atoms with Crippen molar-refractivity contribution in [3.8, 4) is 0 Å². The van der Waals surface area contributed by atoms with Gasteiger partial charge in [-0.15, -0.1) is 0 Å². The van der Waals surface area contributed by atoms with E-state index in [0.29, 0.717) is 0 Å². The monoisotopic (exact) mass is 320 g/mol. The Bertz CT molecular complexity index is 540. The zero-order valence-electron chi connectivity index (χ0n) is 13.2.